The van der Waals surface area contributed by atoms with E-state index < -0.39 is 0 Å². The van der Waals surface area contributed by atoms with Crippen LogP contribution in [0.5, 0.6) is 11.5 Å². The van der Waals surface area contributed by atoms with Crippen molar-refractivity contribution >= 4 is 11.6 Å². The largest absolute Gasteiger partial charge is 0.497 e. The van der Waals surface area contributed by atoms with Gasteiger partial charge in [0.25, 0.3) is 0 Å². The number of benzene rings is 2. The summed E-state index contributed by atoms with van der Waals surface area (Å²) in [4.78, 5) is 12.1. The maximum absolute atomic E-state index is 12.1. The smallest absolute Gasteiger partial charge is 0.225 e. The molecule has 0 fully saturated rings. The van der Waals surface area contributed by atoms with Crippen LogP contribution in [0.1, 0.15) is 17.9 Å². The molecule has 108 valence electrons. The van der Waals surface area contributed by atoms with Gasteiger partial charge in [-0.05, 0) is 30.3 Å². The SMILES string of the molecule is COc1ccc(NC(=O)CC2COc3ccccc32)cc1. The molecule has 0 saturated heterocycles. The first kappa shape index (κ1) is 13.5. The zero-order chi connectivity index (χ0) is 14.7. The van der Waals surface area contributed by atoms with Gasteiger partial charge in [-0.15, -0.1) is 0 Å². The van der Waals surface area contributed by atoms with Gasteiger partial charge in [0.1, 0.15) is 11.5 Å². The minimum absolute atomic E-state index is 0.00882. The van der Waals surface area contributed by atoms with Crippen molar-refractivity contribution < 1.29 is 14.3 Å². The number of hydrogen-bond donors (Lipinski definition) is 1. The molecular formula is C17H17NO3. The highest BCUT2D eigenvalue weighted by Gasteiger charge is 2.25. The van der Waals surface area contributed by atoms with E-state index in [1.807, 2.05) is 48.5 Å². The number of ether oxygens (including phenoxy) is 2. The Labute approximate surface area is 123 Å². The van der Waals surface area contributed by atoms with Crippen LogP contribution in [0.25, 0.3) is 0 Å². The van der Waals surface area contributed by atoms with Crippen LogP contribution in [0.4, 0.5) is 5.69 Å². The standard InChI is InChI=1S/C17H17NO3/c1-20-14-8-6-13(7-9-14)18-17(19)10-12-11-21-16-5-3-2-4-15(12)16/h2-9,12H,10-11H2,1H3,(H,18,19). The zero-order valence-electron chi connectivity index (χ0n) is 11.8. The van der Waals surface area contributed by atoms with Crippen LogP contribution < -0.4 is 14.8 Å². The normalized spacial score (nSPS) is 16.0. The van der Waals surface area contributed by atoms with Gasteiger partial charge in [0.15, 0.2) is 0 Å². The van der Waals surface area contributed by atoms with Gasteiger partial charge in [-0.1, -0.05) is 18.2 Å². The molecule has 4 heteroatoms. The fraction of sp³-hybridized carbons (Fsp3) is 0.235. The van der Waals surface area contributed by atoms with Crippen molar-refractivity contribution in [2.45, 2.75) is 12.3 Å². The highest BCUT2D eigenvalue weighted by molar-refractivity contribution is 5.91. The predicted octanol–water partition coefficient (Wildman–Crippen LogP) is 3.20. The summed E-state index contributed by atoms with van der Waals surface area (Å²) >= 11 is 0. The van der Waals surface area contributed by atoms with Gasteiger partial charge >= 0.3 is 0 Å². The first-order valence-corrected chi connectivity index (χ1v) is 6.92. The lowest BCUT2D eigenvalue weighted by atomic mass is 9.97. The molecule has 1 heterocycles. The highest BCUT2D eigenvalue weighted by Crippen LogP contribution is 2.35. The third kappa shape index (κ3) is 2.99. The van der Waals surface area contributed by atoms with Crippen molar-refractivity contribution in [1.29, 1.82) is 0 Å². The lowest BCUT2D eigenvalue weighted by Gasteiger charge is -2.10. The number of fused-ring (bicyclic) bond motifs is 1. The van der Waals surface area contributed by atoms with Crippen LogP contribution in [0.3, 0.4) is 0 Å². The Hall–Kier alpha value is -2.49. The zero-order valence-corrected chi connectivity index (χ0v) is 11.8. The minimum Gasteiger partial charge on any atom is -0.497 e. The van der Waals surface area contributed by atoms with E-state index in [-0.39, 0.29) is 11.8 Å². The second kappa shape index (κ2) is 5.87. The van der Waals surface area contributed by atoms with Crippen molar-refractivity contribution in [2.24, 2.45) is 0 Å². The minimum atomic E-state index is -0.00882. The number of carbonyl (C=O) groups excluding carboxylic acids is 1. The maximum atomic E-state index is 12.1. The number of amides is 1. The van der Waals surface area contributed by atoms with E-state index in [0.717, 1.165) is 22.7 Å². The number of para-hydroxylation sites is 1. The van der Waals surface area contributed by atoms with Gasteiger partial charge < -0.3 is 14.8 Å². The van der Waals surface area contributed by atoms with E-state index in [2.05, 4.69) is 5.32 Å². The van der Waals surface area contributed by atoms with Crippen LogP contribution in [0.2, 0.25) is 0 Å². The number of hydrogen-bond acceptors (Lipinski definition) is 3. The van der Waals surface area contributed by atoms with E-state index in [9.17, 15) is 4.79 Å². The quantitative estimate of drug-likeness (QED) is 0.937. The summed E-state index contributed by atoms with van der Waals surface area (Å²) in [5.41, 5.74) is 1.88. The Bertz CT molecular complexity index is 637. The van der Waals surface area contributed by atoms with Gasteiger partial charge in [0.05, 0.1) is 13.7 Å². The molecule has 1 aliphatic rings. The molecule has 4 nitrogen and oxygen atoms in total. The average Bonchev–Trinajstić information content (AvgIpc) is 2.91. The molecule has 1 N–H and O–H groups in total. The van der Waals surface area contributed by atoms with Crippen LogP contribution in [0.15, 0.2) is 48.5 Å². The highest BCUT2D eigenvalue weighted by atomic mass is 16.5. The van der Waals surface area contributed by atoms with Crippen molar-refractivity contribution in [2.75, 3.05) is 19.0 Å². The number of methoxy groups -OCH3 is 1. The molecule has 0 spiro atoms. The fourth-order valence-corrected chi connectivity index (χ4v) is 2.51. The van der Waals surface area contributed by atoms with Crippen molar-refractivity contribution in [3.8, 4) is 11.5 Å². The molecule has 2 aromatic carbocycles. The van der Waals surface area contributed by atoms with Gasteiger partial charge in [-0.3, -0.25) is 4.79 Å². The summed E-state index contributed by atoms with van der Waals surface area (Å²) in [6, 6.07) is 15.2. The van der Waals surface area contributed by atoms with Crippen LogP contribution in [-0.4, -0.2) is 19.6 Å². The summed E-state index contributed by atoms with van der Waals surface area (Å²) < 4.78 is 10.7. The summed E-state index contributed by atoms with van der Waals surface area (Å²) in [5.74, 6) is 1.77. The molecule has 1 unspecified atom stereocenters. The first-order chi connectivity index (χ1) is 10.3. The van der Waals surface area contributed by atoms with Crippen LogP contribution in [-0.2, 0) is 4.79 Å². The second-order valence-electron chi connectivity index (χ2n) is 5.03. The van der Waals surface area contributed by atoms with E-state index in [1.54, 1.807) is 7.11 Å². The van der Waals surface area contributed by atoms with Gasteiger partial charge in [-0.25, -0.2) is 0 Å². The average molecular weight is 283 g/mol. The Morgan fingerprint density at radius 2 is 2.00 bits per heavy atom. The molecule has 0 aromatic heterocycles. The van der Waals surface area contributed by atoms with Crippen molar-refractivity contribution in [3.63, 3.8) is 0 Å². The summed E-state index contributed by atoms with van der Waals surface area (Å²) in [6.07, 6.45) is 0.420. The Balaban J connectivity index is 1.62. The first-order valence-electron chi connectivity index (χ1n) is 6.92. The van der Waals surface area contributed by atoms with Crippen LogP contribution >= 0.6 is 0 Å². The summed E-state index contributed by atoms with van der Waals surface area (Å²) in [7, 11) is 1.62. The molecule has 0 aliphatic carbocycles. The molecule has 1 atom stereocenters. The third-order valence-corrected chi connectivity index (χ3v) is 3.60. The third-order valence-electron chi connectivity index (χ3n) is 3.60. The lowest BCUT2D eigenvalue weighted by Crippen LogP contribution is -2.16. The number of rotatable bonds is 4. The molecular weight excluding hydrogens is 266 g/mol. The molecule has 21 heavy (non-hydrogen) atoms. The fourth-order valence-electron chi connectivity index (χ4n) is 2.51. The van der Waals surface area contributed by atoms with Gasteiger partial charge in [0, 0.05) is 23.6 Å². The monoisotopic (exact) mass is 283 g/mol. The summed E-state index contributed by atoms with van der Waals surface area (Å²) in [6.45, 7) is 0.565. The molecule has 0 radical (unpaired) electrons. The maximum Gasteiger partial charge on any atom is 0.225 e. The van der Waals surface area contributed by atoms with E-state index in [0.29, 0.717) is 13.0 Å². The second-order valence-corrected chi connectivity index (χ2v) is 5.03. The number of carbonyl (C=O) groups is 1. The number of nitrogens with one attached hydrogen (secondary N) is 1. The topological polar surface area (TPSA) is 47.6 Å². The van der Waals surface area contributed by atoms with Crippen molar-refractivity contribution in [3.05, 3.63) is 54.1 Å². The molecule has 1 amide bonds. The predicted molar refractivity (Wildman–Crippen MR) is 80.9 cm³/mol. The molecule has 1 aliphatic heterocycles. The van der Waals surface area contributed by atoms with Gasteiger partial charge in [0.2, 0.25) is 5.91 Å². The molecule has 0 saturated carbocycles. The number of anilines is 1. The lowest BCUT2D eigenvalue weighted by molar-refractivity contribution is -0.116. The van der Waals surface area contributed by atoms with E-state index in [4.69, 9.17) is 9.47 Å². The van der Waals surface area contributed by atoms with Crippen molar-refractivity contribution in [1.82, 2.24) is 0 Å². The van der Waals surface area contributed by atoms with Gasteiger partial charge in [-0.2, -0.15) is 0 Å². The van der Waals surface area contributed by atoms with E-state index in [1.165, 1.54) is 0 Å². The molecule has 2 aromatic rings. The molecule has 0 bridgehead atoms. The Kier molecular flexibility index (Phi) is 3.77. The Morgan fingerprint density at radius 1 is 1.24 bits per heavy atom. The van der Waals surface area contributed by atoms with E-state index >= 15 is 0 Å². The molecule has 3 rings (SSSR count). The van der Waals surface area contributed by atoms with Crippen LogP contribution in [0, 0.1) is 0 Å². The summed E-state index contributed by atoms with van der Waals surface area (Å²) in [5, 5.41) is 2.90. The Morgan fingerprint density at radius 3 is 2.76 bits per heavy atom.